The van der Waals surface area contributed by atoms with Crippen LogP contribution in [-0.4, -0.2) is 6.61 Å². The molecule has 0 bridgehead atoms. The monoisotopic (exact) mass is 443 g/mol. The van der Waals surface area contributed by atoms with Crippen molar-refractivity contribution in [2.75, 3.05) is 11.9 Å². The standard InChI is InChI=1S/C28H26FNO3/c1-2-31-28-18-21(11-16-27(28)32-20-22-7-6-8-23(29)17-22)19-30-24-12-14-26(15-13-24)33-25-9-4-3-5-10-25/h3-18,30H,2,19-20H2,1H3. The van der Waals surface area contributed by atoms with Crippen LogP contribution in [0.4, 0.5) is 10.1 Å². The number of ether oxygens (including phenoxy) is 3. The normalized spacial score (nSPS) is 10.5. The van der Waals surface area contributed by atoms with E-state index in [1.54, 1.807) is 6.07 Å². The van der Waals surface area contributed by atoms with E-state index in [9.17, 15) is 4.39 Å². The summed E-state index contributed by atoms with van der Waals surface area (Å²) in [6.45, 7) is 3.35. The lowest BCUT2D eigenvalue weighted by molar-refractivity contribution is 0.269. The number of rotatable bonds is 10. The third kappa shape index (κ3) is 6.50. The van der Waals surface area contributed by atoms with Crippen molar-refractivity contribution < 1.29 is 18.6 Å². The van der Waals surface area contributed by atoms with Crippen molar-refractivity contribution in [2.24, 2.45) is 0 Å². The van der Waals surface area contributed by atoms with E-state index in [4.69, 9.17) is 14.2 Å². The van der Waals surface area contributed by atoms with E-state index >= 15 is 0 Å². The summed E-state index contributed by atoms with van der Waals surface area (Å²) in [5, 5.41) is 3.41. The van der Waals surface area contributed by atoms with Crippen molar-refractivity contribution >= 4 is 5.69 Å². The van der Waals surface area contributed by atoms with Gasteiger partial charge in [0, 0.05) is 12.2 Å². The van der Waals surface area contributed by atoms with Crippen LogP contribution in [0, 0.1) is 5.82 Å². The first-order valence-corrected chi connectivity index (χ1v) is 10.9. The third-order valence-corrected chi connectivity index (χ3v) is 4.92. The first-order chi connectivity index (χ1) is 16.2. The molecule has 0 unspecified atom stereocenters. The minimum absolute atomic E-state index is 0.271. The van der Waals surface area contributed by atoms with E-state index in [1.807, 2.05) is 85.8 Å². The topological polar surface area (TPSA) is 39.7 Å². The number of nitrogens with one attached hydrogen (secondary N) is 1. The molecule has 4 aromatic rings. The second kappa shape index (κ2) is 11.0. The largest absolute Gasteiger partial charge is 0.490 e. The molecule has 5 heteroatoms. The maximum atomic E-state index is 13.4. The Morgan fingerprint density at radius 1 is 0.697 bits per heavy atom. The van der Waals surface area contributed by atoms with Crippen LogP contribution in [0.5, 0.6) is 23.0 Å². The molecule has 0 spiro atoms. The van der Waals surface area contributed by atoms with Gasteiger partial charge in [-0.15, -0.1) is 0 Å². The Morgan fingerprint density at radius 2 is 1.48 bits per heavy atom. The Hall–Kier alpha value is -3.99. The van der Waals surface area contributed by atoms with Gasteiger partial charge < -0.3 is 19.5 Å². The molecule has 0 aliphatic carbocycles. The van der Waals surface area contributed by atoms with Gasteiger partial charge in [-0.1, -0.05) is 36.4 Å². The second-order valence-electron chi connectivity index (χ2n) is 7.43. The van der Waals surface area contributed by atoms with E-state index in [1.165, 1.54) is 12.1 Å². The van der Waals surface area contributed by atoms with Crippen LogP contribution in [0.2, 0.25) is 0 Å². The summed E-state index contributed by atoms with van der Waals surface area (Å²) in [5.74, 6) is 2.61. The Kier molecular flexibility index (Phi) is 7.44. The maximum Gasteiger partial charge on any atom is 0.161 e. The summed E-state index contributed by atoms with van der Waals surface area (Å²) < 4.78 is 30.9. The van der Waals surface area contributed by atoms with Crippen LogP contribution in [0.15, 0.2) is 97.1 Å². The molecule has 168 valence electrons. The van der Waals surface area contributed by atoms with E-state index in [-0.39, 0.29) is 12.4 Å². The molecule has 0 saturated carbocycles. The molecule has 0 radical (unpaired) electrons. The third-order valence-electron chi connectivity index (χ3n) is 4.92. The molecule has 0 heterocycles. The van der Waals surface area contributed by atoms with E-state index in [0.29, 0.717) is 24.7 Å². The number of hydrogen-bond acceptors (Lipinski definition) is 4. The molecule has 0 aliphatic rings. The number of para-hydroxylation sites is 1. The minimum Gasteiger partial charge on any atom is -0.490 e. The van der Waals surface area contributed by atoms with Gasteiger partial charge in [-0.3, -0.25) is 0 Å². The molecule has 0 atom stereocenters. The molecule has 0 aromatic heterocycles. The fourth-order valence-electron chi connectivity index (χ4n) is 3.31. The molecule has 0 fully saturated rings. The highest BCUT2D eigenvalue weighted by Gasteiger charge is 2.08. The molecule has 33 heavy (non-hydrogen) atoms. The highest BCUT2D eigenvalue weighted by Crippen LogP contribution is 2.30. The van der Waals surface area contributed by atoms with Crippen LogP contribution in [0.25, 0.3) is 0 Å². The lowest BCUT2D eigenvalue weighted by atomic mass is 10.2. The first kappa shape index (κ1) is 22.2. The number of halogens is 1. The summed E-state index contributed by atoms with van der Waals surface area (Å²) in [6.07, 6.45) is 0. The fourth-order valence-corrected chi connectivity index (χ4v) is 3.31. The van der Waals surface area contributed by atoms with Gasteiger partial charge in [-0.25, -0.2) is 4.39 Å². The van der Waals surface area contributed by atoms with Crippen molar-refractivity contribution in [1.82, 2.24) is 0 Å². The van der Waals surface area contributed by atoms with E-state index < -0.39 is 0 Å². The fraction of sp³-hybridized carbons (Fsp3) is 0.143. The Labute approximate surface area is 193 Å². The molecule has 0 amide bonds. The Bertz CT molecular complexity index is 1160. The predicted molar refractivity (Wildman–Crippen MR) is 129 cm³/mol. The van der Waals surface area contributed by atoms with Gasteiger partial charge in [0.25, 0.3) is 0 Å². The van der Waals surface area contributed by atoms with Crippen LogP contribution in [0.3, 0.4) is 0 Å². The van der Waals surface area contributed by atoms with Crippen molar-refractivity contribution in [3.05, 3.63) is 114 Å². The molecule has 4 nitrogen and oxygen atoms in total. The van der Waals surface area contributed by atoms with Gasteiger partial charge in [0.1, 0.15) is 23.9 Å². The average molecular weight is 444 g/mol. The summed E-state index contributed by atoms with van der Waals surface area (Å²) in [6, 6.07) is 29.8. The smallest absolute Gasteiger partial charge is 0.161 e. The van der Waals surface area contributed by atoms with Crippen LogP contribution < -0.4 is 19.5 Å². The lowest BCUT2D eigenvalue weighted by Gasteiger charge is -2.14. The maximum absolute atomic E-state index is 13.4. The Morgan fingerprint density at radius 3 is 2.24 bits per heavy atom. The van der Waals surface area contributed by atoms with E-state index in [2.05, 4.69) is 5.32 Å². The highest BCUT2D eigenvalue weighted by molar-refractivity contribution is 5.49. The summed E-state index contributed by atoms with van der Waals surface area (Å²) in [5.41, 5.74) is 2.81. The zero-order valence-corrected chi connectivity index (χ0v) is 18.5. The Balaban J connectivity index is 1.36. The molecule has 0 saturated heterocycles. The van der Waals surface area contributed by atoms with E-state index in [0.717, 1.165) is 28.3 Å². The van der Waals surface area contributed by atoms with Crippen molar-refractivity contribution in [2.45, 2.75) is 20.1 Å². The first-order valence-electron chi connectivity index (χ1n) is 10.9. The van der Waals surface area contributed by atoms with Crippen LogP contribution in [0.1, 0.15) is 18.1 Å². The van der Waals surface area contributed by atoms with Gasteiger partial charge >= 0.3 is 0 Å². The SMILES string of the molecule is CCOc1cc(CNc2ccc(Oc3ccccc3)cc2)ccc1OCc1cccc(F)c1. The summed E-state index contributed by atoms with van der Waals surface area (Å²) in [7, 11) is 0. The highest BCUT2D eigenvalue weighted by atomic mass is 19.1. The summed E-state index contributed by atoms with van der Waals surface area (Å²) in [4.78, 5) is 0. The van der Waals surface area contributed by atoms with Gasteiger partial charge in [-0.05, 0) is 78.7 Å². The van der Waals surface area contributed by atoms with Crippen LogP contribution >= 0.6 is 0 Å². The molecule has 1 N–H and O–H groups in total. The van der Waals surface area contributed by atoms with Gasteiger partial charge in [0.2, 0.25) is 0 Å². The average Bonchev–Trinajstić information content (AvgIpc) is 2.84. The van der Waals surface area contributed by atoms with Crippen LogP contribution in [-0.2, 0) is 13.2 Å². The summed E-state index contributed by atoms with van der Waals surface area (Å²) >= 11 is 0. The molecule has 0 aliphatic heterocycles. The number of anilines is 1. The zero-order valence-electron chi connectivity index (χ0n) is 18.5. The minimum atomic E-state index is -0.276. The van der Waals surface area contributed by atoms with Gasteiger partial charge in [-0.2, -0.15) is 0 Å². The number of benzene rings is 4. The molecule has 4 rings (SSSR count). The van der Waals surface area contributed by atoms with Crippen molar-refractivity contribution in [3.8, 4) is 23.0 Å². The quantitative estimate of drug-likeness (QED) is 0.281. The second-order valence-corrected chi connectivity index (χ2v) is 7.43. The number of hydrogen-bond donors (Lipinski definition) is 1. The van der Waals surface area contributed by atoms with Gasteiger partial charge in [0.15, 0.2) is 11.5 Å². The van der Waals surface area contributed by atoms with Gasteiger partial charge in [0.05, 0.1) is 6.61 Å². The predicted octanol–water partition coefficient (Wildman–Crippen LogP) is 7.21. The molecule has 4 aromatic carbocycles. The van der Waals surface area contributed by atoms with Crippen molar-refractivity contribution in [1.29, 1.82) is 0 Å². The lowest BCUT2D eigenvalue weighted by Crippen LogP contribution is -2.03. The molecular formula is C28H26FNO3. The zero-order chi connectivity index (χ0) is 22.9. The molecular weight excluding hydrogens is 417 g/mol. The van der Waals surface area contributed by atoms with Crippen molar-refractivity contribution in [3.63, 3.8) is 0 Å².